The molecule has 0 N–H and O–H groups in total. The van der Waals surface area contributed by atoms with E-state index in [4.69, 9.17) is 9.47 Å². The van der Waals surface area contributed by atoms with E-state index in [1.165, 1.54) is 5.56 Å². The van der Waals surface area contributed by atoms with E-state index in [0.29, 0.717) is 6.61 Å². The molecule has 23 heavy (non-hydrogen) atoms. The number of hydrogen-bond acceptors (Lipinski definition) is 4. The summed E-state index contributed by atoms with van der Waals surface area (Å²) in [4.78, 5) is 14.3. The molecule has 4 nitrogen and oxygen atoms in total. The first-order chi connectivity index (χ1) is 10.7. The van der Waals surface area contributed by atoms with Gasteiger partial charge in [-0.15, -0.1) is 0 Å². The average Bonchev–Trinajstić information content (AvgIpc) is 2.73. The zero-order chi connectivity index (χ0) is 17.1. The minimum atomic E-state index is -0.625. The molecule has 1 amide bonds. The van der Waals surface area contributed by atoms with E-state index in [2.05, 4.69) is 12.1 Å². The van der Waals surface area contributed by atoms with Crippen LogP contribution in [0.25, 0.3) is 0 Å². The number of amides is 1. The van der Waals surface area contributed by atoms with Crippen molar-refractivity contribution < 1.29 is 14.3 Å². The second kappa shape index (κ2) is 7.14. The Morgan fingerprint density at radius 1 is 1.35 bits per heavy atom. The Morgan fingerprint density at radius 3 is 2.61 bits per heavy atom. The predicted molar refractivity (Wildman–Crippen MR) is 94.5 cm³/mol. The Labute approximate surface area is 143 Å². The van der Waals surface area contributed by atoms with Gasteiger partial charge in [-0.3, -0.25) is 4.90 Å². The van der Waals surface area contributed by atoms with Crippen LogP contribution in [0.4, 0.5) is 4.79 Å². The highest BCUT2D eigenvalue weighted by Crippen LogP contribution is 2.31. The van der Waals surface area contributed by atoms with Gasteiger partial charge >= 0.3 is 6.09 Å². The fourth-order valence-electron chi connectivity index (χ4n) is 2.57. The first-order valence-electron chi connectivity index (χ1n) is 7.97. The summed E-state index contributed by atoms with van der Waals surface area (Å²) < 4.78 is 11.4. The van der Waals surface area contributed by atoms with Crippen molar-refractivity contribution in [2.75, 3.05) is 12.4 Å². The van der Waals surface area contributed by atoms with E-state index in [0.717, 1.165) is 11.5 Å². The van der Waals surface area contributed by atoms with Gasteiger partial charge in [0, 0.05) is 11.5 Å². The molecule has 0 bridgehead atoms. The smallest absolute Gasteiger partial charge is 0.412 e. The van der Waals surface area contributed by atoms with Gasteiger partial charge < -0.3 is 9.47 Å². The van der Waals surface area contributed by atoms with Gasteiger partial charge in [-0.05, 0) is 40.2 Å². The number of carbonyl (C=O) groups is 1. The molecule has 1 heterocycles. The topological polar surface area (TPSA) is 38.8 Å². The van der Waals surface area contributed by atoms with Gasteiger partial charge in [0.25, 0.3) is 0 Å². The summed E-state index contributed by atoms with van der Waals surface area (Å²) in [5.41, 5.74) is 0.164. The third kappa shape index (κ3) is 5.15. The molecular weight excluding hydrogens is 310 g/mol. The fraction of sp³-hybridized carbons (Fsp3) is 0.611. The minimum absolute atomic E-state index is 0.0357. The lowest BCUT2D eigenvalue weighted by Crippen LogP contribution is -2.50. The van der Waals surface area contributed by atoms with Crippen molar-refractivity contribution in [1.82, 2.24) is 4.90 Å². The lowest BCUT2D eigenvalue weighted by atomic mass is 10.2. The van der Waals surface area contributed by atoms with E-state index < -0.39 is 11.3 Å². The van der Waals surface area contributed by atoms with Crippen LogP contribution >= 0.6 is 11.8 Å². The number of rotatable bonds is 4. The zero-order valence-corrected chi connectivity index (χ0v) is 15.5. The molecule has 128 valence electrons. The maximum Gasteiger partial charge on any atom is 0.412 e. The SMILES string of the molecule is CC(C)(C)OC(=O)N1C(CSCc2ccccc2)COC1(C)C. The van der Waals surface area contributed by atoms with Crippen molar-refractivity contribution in [3.8, 4) is 0 Å². The summed E-state index contributed by atoms with van der Waals surface area (Å²) >= 11 is 1.81. The zero-order valence-electron chi connectivity index (χ0n) is 14.7. The lowest BCUT2D eigenvalue weighted by molar-refractivity contribution is -0.0617. The molecule has 2 rings (SSSR count). The van der Waals surface area contributed by atoms with Crippen molar-refractivity contribution >= 4 is 17.9 Å². The second-order valence-corrected chi connectivity index (χ2v) is 8.29. The molecule has 1 atom stereocenters. The van der Waals surface area contributed by atoms with E-state index in [1.807, 2.05) is 64.6 Å². The molecule has 0 aromatic heterocycles. The molecule has 1 aliphatic rings. The summed E-state index contributed by atoms with van der Waals surface area (Å²) in [6, 6.07) is 10.4. The molecule has 0 spiro atoms. The maximum atomic E-state index is 12.5. The molecule has 1 unspecified atom stereocenters. The van der Waals surface area contributed by atoms with Crippen LogP contribution in [-0.2, 0) is 15.2 Å². The highest BCUT2D eigenvalue weighted by atomic mass is 32.2. The lowest BCUT2D eigenvalue weighted by Gasteiger charge is -2.35. The molecule has 0 radical (unpaired) electrons. The standard InChI is InChI=1S/C18H27NO3S/c1-17(2,3)22-16(20)19-15(11-21-18(19,4)5)13-23-12-14-9-7-6-8-10-14/h6-10,15H,11-13H2,1-5H3. The van der Waals surface area contributed by atoms with Crippen molar-refractivity contribution in [2.24, 2.45) is 0 Å². The fourth-order valence-corrected chi connectivity index (χ4v) is 3.64. The first kappa shape index (κ1) is 18.1. The van der Waals surface area contributed by atoms with Crippen molar-refractivity contribution in [3.05, 3.63) is 35.9 Å². The Bertz CT molecular complexity index is 525. The van der Waals surface area contributed by atoms with Gasteiger partial charge in [0.2, 0.25) is 0 Å². The van der Waals surface area contributed by atoms with Crippen LogP contribution in [0.2, 0.25) is 0 Å². The van der Waals surface area contributed by atoms with Crippen LogP contribution in [0.1, 0.15) is 40.2 Å². The summed E-state index contributed by atoms with van der Waals surface area (Å²) in [5, 5.41) is 0. The molecule has 1 aromatic carbocycles. The van der Waals surface area contributed by atoms with E-state index in [-0.39, 0.29) is 12.1 Å². The molecular formula is C18H27NO3S. The number of ether oxygens (including phenoxy) is 2. The van der Waals surface area contributed by atoms with E-state index in [9.17, 15) is 4.79 Å². The molecule has 1 aromatic rings. The molecule has 5 heteroatoms. The van der Waals surface area contributed by atoms with Crippen LogP contribution < -0.4 is 0 Å². The first-order valence-corrected chi connectivity index (χ1v) is 9.12. The predicted octanol–water partition coefficient (Wildman–Crippen LogP) is 4.29. The quantitative estimate of drug-likeness (QED) is 0.821. The molecule has 1 saturated heterocycles. The van der Waals surface area contributed by atoms with Crippen molar-refractivity contribution in [2.45, 2.75) is 57.7 Å². The molecule has 0 aliphatic carbocycles. The van der Waals surface area contributed by atoms with Gasteiger partial charge in [0.05, 0.1) is 12.6 Å². The normalized spacial score (nSPS) is 20.6. The Kier molecular flexibility index (Phi) is 5.63. The second-order valence-electron chi connectivity index (χ2n) is 7.26. The monoisotopic (exact) mass is 337 g/mol. The van der Waals surface area contributed by atoms with Gasteiger partial charge in [0.1, 0.15) is 11.3 Å². The van der Waals surface area contributed by atoms with E-state index >= 15 is 0 Å². The number of benzene rings is 1. The van der Waals surface area contributed by atoms with Crippen molar-refractivity contribution in [3.63, 3.8) is 0 Å². The largest absolute Gasteiger partial charge is 0.444 e. The number of hydrogen-bond donors (Lipinski definition) is 0. The molecule has 1 fully saturated rings. The molecule has 0 saturated carbocycles. The number of carbonyl (C=O) groups excluding carboxylic acids is 1. The molecule has 1 aliphatic heterocycles. The minimum Gasteiger partial charge on any atom is -0.444 e. The highest BCUT2D eigenvalue weighted by molar-refractivity contribution is 7.98. The Morgan fingerprint density at radius 2 is 2.00 bits per heavy atom. The number of thioether (sulfide) groups is 1. The average molecular weight is 337 g/mol. The van der Waals surface area contributed by atoms with Crippen LogP contribution in [-0.4, -0.2) is 40.7 Å². The van der Waals surface area contributed by atoms with E-state index in [1.54, 1.807) is 4.90 Å². The van der Waals surface area contributed by atoms with Crippen LogP contribution in [0.15, 0.2) is 30.3 Å². The summed E-state index contributed by atoms with van der Waals surface area (Å²) in [7, 11) is 0. The van der Waals surface area contributed by atoms with Gasteiger partial charge in [0.15, 0.2) is 0 Å². The maximum absolute atomic E-state index is 12.5. The summed E-state index contributed by atoms with van der Waals surface area (Å²) in [6.07, 6.45) is -0.301. The summed E-state index contributed by atoms with van der Waals surface area (Å²) in [5.74, 6) is 1.76. The highest BCUT2D eigenvalue weighted by Gasteiger charge is 2.45. The van der Waals surface area contributed by atoms with Crippen molar-refractivity contribution in [1.29, 1.82) is 0 Å². The van der Waals surface area contributed by atoms with Crippen LogP contribution in [0, 0.1) is 0 Å². The van der Waals surface area contributed by atoms with Crippen LogP contribution in [0.3, 0.4) is 0 Å². The summed E-state index contributed by atoms with van der Waals surface area (Å²) in [6.45, 7) is 10.0. The Hall–Kier alpha value is -1.20. The number of nitrogens with zero attached hydrogens (tertiary/aromatic N) is 1. The van der Waals surface area contributed by atoms with Gasteiger partial charge in [-0.25, -0.2) is 4.79 Å². The van der Waals surface area contributed by atoms with Gasteiger partial charge in [-0.2, -0.15) is 11.8 Å². The van der Waals surface area contributed by atoms with Gasteiger partial charge in [-0.1, -0.05) is 30.3 Å². The Balaban J connectivity index is 1.95. The third-order valence-corrected chi connectivity index (χ3v) is 4.74. The third-order valence-electron chi connectivity index (χ3n) is 3.59. The van der Waals surface area contributed by atoms with Crippen LogP contribution in [0.5, 0.6) is 0 Å².